The van der Waals surface area contributed by atoms with Crippen molar-refractivity contribution in [3.05, 3.63) is 65.0 Å². The number of nitro groups is 1. The van der Waals surface area contributed by atoms with Crippen molar-refractivity contribution in [3.63, 3.8) is 0 Å². The zero-order chi connectivity index (χ0) is 15.6. The summed E-state index contributed by atoms with van der Waals surface area (Å²) in [4.78, 5) is 10.7. The molecular formula is C14H11Br3N2O2. The van der Waals surface area contributed by atoms with Crippen LogP contribution in [0.1, 0.15) is 11.1 Å². The summed E-state index contributed by atoms with van der Waals surface area (Å²) < 4.78 is 2.51. The average Bonchev–Trinajstić information content (AvgIpc) is 2.38. The van der Waals surface area contributed by atoms with Crippen LogP contribution in [0, 0.1) is 17.0 Å². The van der Waals surface area contributed by atoms with Crippen molar-refractivity contribution in [3.8, 4) is 0 Å². The molecule has 2 rings (SSSR count). The Balaban J connectivity index is 2.27. The van der Waals surface area contributed by atoms with Gasteiger partial charge < -0.3 is 5.32 Å². The van der Waals surface area contributed by atoms with Gasteiger partial charge in [0.2, 0.25) is 0 Å². The molecule has 2 aromatic rings. The van der Waals surface area contributed by atoms with Gasteiger partial charge in [-0.05, 0) is 68.6 Å². The number of hydrogen-bond acceptors (Lipinski definition) is 3. The Kier molecular flexibility index (Phi) is 5.40. The van der Waals surface area contributed by atoms with E-state index in [9.17, 15) is 10.1 Å². The van der Waals surface area contributed by atoms with Crippen LogP contribution in [0.2, 0.25) is 0 Å². The highest BCUT2D eigenvalue weighted by Gasteiger charge is 2.15. The molecular weight excluding hydrogens is 468 g/mol. The van der Waals surface area contributed by atoms with E-state index in [2.05, 4.69) is 53.1 Å². The predicted octanol–water partition coefficient (Wildman–Crippen LogP) is 5.80. The SMILES string of the molecule is Cc1cc(Br)c(NCc2ccc(Br)cc2[N+](=O)[O-])c(Br)c1. The topological polar surface area (TPSA) is 55.2 Å². The highest BCUT2D eigenvalue weighted by atomic mass is 79.9. The number of rotatable bonds is 4. The largest absolute Gasteiger partial charge is 0.379 e. The van der Waals surface area contributed by atoms with E-state index >= 15 is 0 Å². The third-order valence-corrected chi connectivity index (χ3v) is 4.63. The fourth-order valence-electron chi connectivity index (χ4n) is 1.91. The molecule has 0 bridgehead atoms. The minimum Gasteiger partial charge on any atom is -0.379 e. The number of anilines is 1. The molecule has 21 heavy (non-hydrogen) atoms. The third-order valence-electron chi connectivity index (χ3n) is 2.89. The fraction of sp³-hybridized carbons (Fsp3) is 0.143. The van der Waals surface area contributed by atoms with Crippen LogP contribution < -0.4 is 5.32 Å². The number of nitro benzene ring substituents is 1. The molecule has 0 spiro atoms. The molecule has 0 heterocycles. The molecule has 7 heteroatoms. The van der Waals surface area contributed by atoms with Gasteiger partial charge in [-0.1, -0.05) is 15.9 Å². The summed E-state index contributed by atoms with van der Waals surface area (Å²) in [6.45, 7) is 2.36. The molecule has 0 radical (unpaired) electrons. The molecule has 0 aliphatic carbocycles. The van der Waals surface area contributed by atoms with Crippen LogP contribution in [-0.2, 0) is 6.54 Å². The summed E-state index contributed by atoms with van der Waals surface area (Å²) in [6, 6.07) is 9.02. The van der Waals surface area contributed by atoms with Crippen LogP contribution in [0.3, 0.4) is 0 Å². The van der Waals surface area contributed by atoms with E-state index in [0.29, 0.717) is 16.6 Å². The number of hydrogen-bond donors (Lipinski definition) is 1. The van der Waals surface area contributed by atoms with E-state index in [-0.39, 0.29) is 10.6 Å². The molecule has 0 fully saturated rings. The Morgan fingerprint density at radius 1 is 1.14 bits per heavy atom. The summed E-state index contributed by atoms with van der Waals surface area (Å²) in [5.74, 6) is 0. The monoisotopic (exact) mass is 476 g/mol. The molecule has 4 nitrogen and oxygen atoms in total. The molecule has 110 valence electrons. The van der Waals surface area contributed by atoms with Crippen LogP contribution in [-0.4, -0.2) is 4.92 Å². The van der Waals surface area contributed by atoms with Crippen LogP contribution in [0.25, 0.3) is 0 Å². The van der Waals surface area contributed by atoms with E-state index in [4.69, 9.17) is 0 Å². The lowest BCUT2D eigenvalue weighted by Crippen LogP contribution is -2.04. The van der Waals surface area contributed by atoms with E-state index in [1.54, 1.807) is 12.1 Å². The first-order valence-electron chi connectivity index (χ1n) is 6.01. The molecule has 0 aromatic heterocycles. The number of aryl methyl sites for hydroxylation is 1. The molecule has 0 atom stereocenters. The molecule has 2 aromatic carbocycles. The van der Waals surface area contributed by atoms with Gasteiger partial charge in [0, 0.05) is 31.6 Å². The van der Waals surface area contributed by atoms with Crippen molar-refractivity contribution in [2.75, 3.05) is 5.32 Å². The highest BCUT2D eigenvalue weighted by molar-refractivity contribution is 9.11. The standard InChI is InChI=1S/C14H11Br3N2O2/c1-8-4-11(16)14(12(17)5-8)18-7-9-2-3-10(15)6-13(9)19(20)21/h2-6,18H,7H2,1H3. The van der Waals surface area contributed by atoms with Gasteiger partial charge in [-0.15, -0.1) is 0 Å². The van der Waals surface area contributed by atoms with E-state index in [1.165, 1.54) is 6.07 Å². The lowest BCUT2D eigenvalue weighted by molar-refractivity contribution is -0.385. The maximum Gasteiger partial charge on any atom is 0.275 e. The first-order chi connectivity index (χ1) is 9.88. The van der Waals surface area contributed by atoms with Gasteiger partial charge in [0.15, 0.2) is 0 Å². The second-order valence-corrected chi connectivity index (χ2v) is 7.11. The molecule has 0 aliphatic rings. The van der Waals surface area contributed by atoms with E-state index in [1.807, 2.05) is 19.1 Å². The molecule has 0 saturated heterocycles. The quantitative estimate of drug-likeness (QED) is 0.446. The molecule has 0 aliphatic heterocycles. The zero-order valence-corrected chi connectivity index (χ0v) is 15.7. The Bertz CT molecular complexity index is 682. The number of benzene rings is 2. The maximum atomic E-state index is 11.1. The van der Waals surface area contributed by atoms with Crippen molar-refractivity contribution >= 4 is 59.2 Å². The van der Waals surface area contributed by atoms with Crippen molar-refractivity contribution in [2.24, 2.45) is 0 Å². The Labute approximate surface area is 147 Å². The smallest absolute Gasteiger partial charge is 0.275 e. The summed E-state index contributed by atoms with van der Waals surface area (Å²) in [7, 11) is 0. The molecule has 0 saturated carbocycles. The Morgan fingerprint density at radius 3 is 2.33 bits per heavy atom. The summed E-state index contributed by atoms with van der Waals surface area (Å²) >= 11 is 10.2. The van der Waals surface area contributed by atoms with Crippen LogP contribution >= 0.6 is 47.8 Å². The van der Waals surface area contributed by atoms with Crippen LogP contribution in [0.4, 0.5) is 11.4 Å². The number of halogens is 3. The minimum absolute atomic E-state index is 0.0937. The zero-order valence-electron chi connectivity index (χ0n) is 11.0. The van der Waals surface area contributed by atoms with Crippen LogP contribution in [0.15, 0.2) is 43.7 Å². The maximum absolute atomic E-state index is 11.1. The number of nitrogens with one attached hydrogen (secondary N) is 1. The second-order valence-electron chi connectivity index (χ2n) is 4.49. The second kappa shape index (κ2) is 6.89. The van der Waals surface area contributed by atoms with E-state index in [0.717, 1.165) is 20.2 Å². The lowest BCUT2D eigenvalue weighted by Gasteiger charge is -2.12. The lowest BCUT2D eigenvalue weighted by atomic mass is 10.1. The van der Waals surface area contributed by atoms with Gasteiger partial charge in [-0.3, -0.25) is 10.1 Å². The normalized spacial score (nSPS) is 10.5. The Hall–Kier alpha value is -0.920. The van der Waals surface area contributed by atoms with Crippen molar-refractivity contribution < 1.29 is 4.92 Å². The molecule has 0 unspecified atom stereocenters. The summed E-state index contributed by atoms with van der Waals surface area (Å²) in [5.41, 5.74) is 2.71. The van der Waals surface area contributed by atoms with Gasteiger partial charge in [0.05, 0.1) is 10.6 Å². The van der Waals surface area contributed by atoms with Gasteiger partial charge in [0.25, 0.3) is 5.69 Å². The predicted molar refractivity (Wildman–Crippen MR) is 94.7 cm³/mol. The first kappa shape index (κ1) is 16.5. The van der Waals surface area contributed by atoms with Gasteiger partial charge in [-0.2, -0.15) is 0 Å². The fourth-order valence-corrected chi connectivity index (χ4v) is 3.95. The van der Waals surface area contributed by atoms with Crippen LogP contribution in [0.5, 0.6) is 0 Å². The summed E-state index contributed by atoms with van der Waals surface area (Å²) in [6.07, 6.45) is 0. The van der Waals surface area contributed by atoms with Crippen molar-refractivity contribution in [2.45, 2.75) is 13.5 Å². The van der Waals surface area contributed by atoms with Gasteiger partial charge >= 0.3 is 0 Å². The Morgan fingerprint density at radius 2 is 1.76 bits per heavy atom. The third kappa shape index (κ3) is 4.05. The average molecular weight is 479 g/mol. The minimum atomic E-state index is -0.374. The first-order valence-corrected chi connectivity index (χ1v) is 8.38. The van der Waals surface area contributed by atoms with Crippen molar-refractivity contribution in [1.29, 1.82) is 0 Å². The van der Waals surface area contributed by atoms with E-state index < -0.39 is 0 Å². The molecule has 0 amide bonds. The van der Waals surface area contributed by atoms with Crippen molar-refractivity contribution in [1.82, 2.24) is 0 Å². The van der Waals surface area contributed by atoms with Gasteiger partial charge in [0.1, 0.15) is 0 Å². The van der Waals surface area contributed by atoms with Gasteiger partial charge in [-0.25, -0.2) is 0 Å². The molecule has 1 N–H and O–H groups in total. The number of nitrogens with zero attached hydrogens (tertiary/aromatic N) is 1. The summed E-state index contributed by atoms with van der Waals surface area (Å²) in [5, 5.41) is 14.3. The highest BCUT2D eigenvalue weighted by Crippen LogP contribution is 2.33.